The zero-order chi connectivity index (χ0) is 12.3. The van der Waals surface area contributed by atoms with Gasteiger partial charge in [-0.05, 0) is 14.1 Å². The van der Waals surface area contributed by atoms with E-state index in [2.05, 4.69) is 0 Å². The summed E-state index contributed by atoms with van der Waals surface area (Å²) < 4.78 is 0. The number of rotatable bonds is 0. The molecule has 0 saturated carbocycles. The van der Waals surface area contributed by atoms with E-state index in [4.69, 9.17) is 21.7 Å². The minimum absolute atomic E-state index is 0. The van der Waals surface area contributed by atoms with Crippen LogP contribution < -0.4 is 11.5 Å². The van der Waals surface area contributed by atoms with E-state index in [1.54, 1.807) is 0 Å². The quantitative estimate of drug-likeness (QED) is 0.429. The number of nitrogens with zero attached hydrogens (tertiary/aromatic N) is 2. The fourth-order valence-electron chi connectivity index (χ4n) is 2.02. The zero-order valence-corrected chi connectivity index (χ0v) is 15.0. The van der Waals surface area contributed by atoms with Crippen molar-refractivity contribution in [3.05, 3.63) is 0 Å². The van der Waals surface area contributed by atoms with Crippen LogP contribution in [-0.2, 0) is 0 Å². The molecule has 0 spiro atoms. The largest absolute Gasteiger partial charge is 0.390 e. The van der Waals surface area contributed by atoms with Crippen LogP contribution >= 0.6 is 49.6 Å². The molecule has 2 aliphatic rings. The summed E-state index contributed by atoms with van der Waals surface area (Å²) in [6, 6.07) is -0.0556. The third-order valence-electron chi connectivity index (χ3n) is 3.03. The van der Waals surface area contributed by atoms with Crippen LogP contribution in [-0.4, -0.2) is 84.6 Å². The van der Waals surface area contributed by atoms with Crippen molar-refractivity contribution >= 4 is 49.6 Å². The van der Waals surface area contributed by atoms with Crippen molar-refractivity contribution in [3.63, 3.8) is 0 Å². The Balaban J connectivity index is -0.000000107. The summed E-state index contributed by atoms with van der Waals surface area (Å²) in [5.74, 6) is 0. The summed E-state index contributed by atoms with van der Waals surface area (Å²) in [6.07, 6.45) is -0.611. The Morgan fingerprint density at radius 2 is 0.950 bits per heavy atom. The minimum Gasteiger partial charge on any atom is -0.390 e. The number of hydrogen-bond donors (Lipinski definition) is 4. The first-order valence-corrected chi connectivity index (χ1v) is 5.64. The third kappa shape index (κ3) is 9.78. The molecule has 6 nitrogen and oxygen atoms in total. The molecule has 2 saturated heterocycles. The molecule has 0 bridgehead atoms. The lowest BCUT2D eigenvalue weighted by molar-refractivity contribution is 0.169. The number of halogens is 4. The number of aliphatic hydroxyl groups is 2. The smallest absolute Gasteiger partial charge is 0.0830 e. The normalized spacial score (nSPS) is 32.7. The van der Waals surface area contributed by atoms with Gasteiger partial charge in [-0.25, -0.2) is 0 Å². The van der Waals surface area contributed by atoms with Crippen molar-refractivity contribution in [1.82, 2.24) is 9.80 Å². The second-order valence-electron chi connectivity index (χ2n) is 4.90. The topological polar surface area (TPSA) is 99.0 Å². The lowest BCUT2D eigenvalue weighted by atomic mass is 10.2. The maximum absolute atomic E-state index is 9.00. The van der Waals surface area contributed by atoms with E-state index in [1.807, 2.05) is 23.9 Å². The van der Waals surface area contributed by atoms with Gasteiger partial charge in [0.2, 0.25) is 0 Å². The first-order chi connectivity index (χ1) is 7.40. The summed E-state index contributed by atoms with van der Waals surface area (Å²) in [6.45, 7) is 3.09. The molecule has 6 N–H and O–H groups in total. The Morgan fingerprint density at radius 1 is 0.700 bits per heavy atom. The van der Waals surface area contributed by atoms with Crippen LogP contribution in [0.25, 0.3) is 0 Å². The first kappa shape index (κ1) is 29.0. The van der Waals surface area contributed by atoms with E-state index in [0.717, 1.165) is 26.2 Å². The van der Waals surface area contributed by atoms with Crippen LogP contribution in [0.2, 0.25) is 0 Å². The number of hydrogen-bond acceptors (Lipinski definition) is 6. The fraction of sp³-hybridized carbons (Fsp3) is 1.00. The molecule has 0 radical (unpaired) electrons. The Morgan fingerprint density at radius 3 is 1.00 bits per heavy atom. The van der Waals surface area contributed by atoms with Crippen LogP contribution in [0.4, 0.5) is 0 Å². The van der Waals surface area contributed by atoms with Crippen molar-refractivity contribution in [2.45, 2.75) is 24.3 Å². The van der Waals surface area contributed by atoms with Crippen LogP contribution in [0.5, 0.6) is 0 Å². The van der Waals surface area contributed by atoms with Crippen molar-refractivity contribution in [3.8, 4) is 0 Å². The molecule has 0 aliphatic carbocycles. The molecular weight excluding hydrogens is 350 g/mol. The molecule has 20 heavy (non-hydrogen) atoms. The van der Waals surface area contributed by atoms with E-state index < -0.39 is 0 Å². The van der Waals surface area contributed by atoms with E-state index in [-0.39, 0.29) is 73.9 Å². The molecule has 2 aliphatic heterocycles. The van der Waals surface area contributed by atoms with Gasteiger partial charge in [-0.15, -0.1) is 49.6 Å². The Hall–Kier alpha value is 0.920. The average molecular weight is 378 g/mol. The van der Waals surface area contributed by atoms with Crippen LogP contribution in [0.15, 0.2) is 0 Å². The average Bonchev–Trinajstić information content (AvgIpc) is 2.58. The second kappa shape index (κ2) is 13.6. The van der Waals surface area contributed by atoms with Crippen LogP contribution in [0, 0.1) is 0 Å². The highest BCUT2D eigenvalue weighted by Gasteiger charge is 2.25. The third-order valence-corrected chi connectivity index (χ3v) is 3.03. The monoisotopic (exact) mass is 376 g/mol. The van der Waals surface area contributed by atoms with Crippen molar-refractivity contribution in [1.29, 1.82) is 0 Å². The number of nitrogens with two attached hydrogens (primary N) is 2. The fourth-order valence-corrected chi connectivity index (χ4v) is 2.02. The molecule has 0 aromatic carbocycles. The van der Waals surface area contributed by atoms with E-state index in [0.29, 0.717) is 0 Å². The molecule has 128 valence electrons. The van der Waals surface area contributed by atoms with Gasteiger partial charge in [-0.2, -0.15) is 0 Å². The van der Waals surface area contributed by atoms with Gasteiger partial charge in [0.1, 0.15) is 0 Å². The van der Waals surface area contributed by atoms with Gasteiger partial charge >= 0.3 is 0 Å². The van der Waals surface area contributed by atoms with E-state index in [9.17, 15) is 0 Å². The molecule has 0 amide bonds. The zero-order valence-electron chi connectivity index (χ0n) is 11.7. The summed E-state index contributed by atoms with van der Waals surface area (Å²) >= 11 is 0. The van der Waals surface area contributed by atoms with E-state index in [1.165, 1.54) is 0 Å². The molecule has 2 fully saturated rings. The number of likely N-dealkylation sites (tertiary alicyclic amines) is 2. The highest BCUT2D eigenvalue weighted by molar-refractivity contribution is 5.86. The highest BCUT2D eigenvalue weighted by Crippen LogP contribution is 2.04. The molecule has 10 heteroatoms. The SMILES string of the molecule is CN1C[C@@H](N)[C@@H](O)C1.CN1C[C@@H](O)[C@@H](N)C1.Cl.Cl.Cl.Cl. The van der Waals surface area contributed by atoms with Gasteiger partial charge in [0.15, 0.2) is 0 Å². The standard InChI is InChI=1S/2C5H12N2O.4ClH/c2*1-7-2-4(6)5(8)3-7;;;;/h2*4-5,8H,2-3,6H2,1H3;4*1H/t2*4-,5+;;;;/m10..../s1. The van der Waals surface area contributed by atoms with Crippen LogP contribution in [0.1, 0.15) is 0 Å². The van der Waals surface area contributed by atoms with Gasteiger partial charge in [0, 0.05) is 38.3 Å². The Kier molecular flexibility index (Phi) is 19.7. The molecule has 2 rings (SSSR count). The molecule has 2 heterocycles. The molecule has 0 unspecified atom stereocenters. The predicted octanol–water partition coefficient (Wildman–Crippen LogP) is -1.07. The number of β-amino-alcohol motifs (C(OH)–C–C–N with tert-alkyl or cyclic N) is 2. The maximum atomic E-state index is 9.00. The second-order valence-corrected chi connectivity index (χ2v) is 4.90. The van der Waals surface area contributed by atoms with E-state index >= 15 is 0 Å². The van der Waals surface area contributed by atoms with Gasteiger partial charge in [0.25, 0.3) is 0 Å². The summed E-state index contributed by atoms with van der Waals surface area (Å²) in [5, 5.41) is 18.0. The maximum Gasteiger partial charge on any atom is 0.0830 e. The predicted molar refractivity (Wildman–Crippen MR) is 92.0 cm³/mol. The van der Waals surface area contributed by atoms with Gasteiger partial charge < -0.3 is 31.5 Å². The van der Waals surface area contributed by atoms with Crippen molar-refractivity contribution < 1.29 is 10.2 Å². The lowest BCUT2D eigenvalue weighted by Gasteiger charge is -2.03. The summed E-state index contributed by atoms with van der Waals surface area (Å²) in [5.41, 5.74) is 11.0. The molecule has 4 atom stereocenters. The molecular formula is C10H28Cl4N4O2. The highest BCUT2D eigenvalue weighted by atomic mass is 35.5. The number of aliphatic hydroxyl groups excluding tert-OH is 2. The molecule has 0 aromatic heterocycles. The summed E-state index contributed by atoms with van der Waals surface area (Å²) in [7, 11) is 3.91. The lowest BCUT2D eigenvalue weighted by Crippen LogP contribution is -2.32. The Bertz CT molecular complexity index is 189. The van der Waals surface area contributed by atoms with Crippen LogP contribution in [0.3, 0.4) is 0 Å². The van der Waals surface area contributed by atoms with Crippen molar-refractivity contribution in [2.75, 3.05) is 40.3 Å². The van der Waals surface area contributed by atoms with Crippen molar-refractivity contribution in [2.24, 2.45) is 11.5 Å². The van der Waals surface area contributed by atoms with Gasteiger partial charge in [-0.3, -0.25) is 0 Å². The van der Waals surface area contributed by atoms with Gasteiger partial charge in [-0.1, -0.05) is 0 Å². The Labute approximate surface area is 145 Å². The first-order valence-electron chi connectivity index (χ1n) is 5.64. The summed E-state index contributed by atoms with van der Waals surface area (Å²) in [4.78, 5) is 4.05. The van der Waals surface area contributed by atoms with Gasteiger partial charge in [0.05, 0.1) is 12.2 Å². The minimum atomic E-state index is -0.306. The molecule has 0 aromatic rings. The number of likely N-dealkylation sites (N-methyl/N-ethyl adjacent to an activating group) is 2.